The fourth-order valence-corrected chi connectivity index (χ4v) is 3.12. The van der Waals surface area contributed by atoms with Crippen molar-refractivity contribution in [3.8, 4) is 0 Å². The van der Waals surface area contributed by atoms with Crippen LogP contribution < -0.4 is 11.3 Å². The van der Waals surface area contributed by atoms with Crippen LogP contribution in [0.25, 0.3) is 0 Å². The van der Waals surface area contributed by atoms with Crippen LogP contribution in [-0.4, -0.2) is 9.78 Å². The number of hydrazine groups is 1. The van der Waals surface area contributed by atoms with Crippen molar-refractivity contribution in [2.24, 2.45) is 5.84 Å². The van der Waals surface area contributed by atoms with E-state index in [0.29, 0.717) is 0 Å². The van der Waals surface area contributed by atoms with Crippen LogP contribution in [0.1, 0.15) is 41.7 Å². The van der Waals surface area contributed by atoms with E-state index in [4.69, 9.17) is 5.84 Å². The van der Waals surface area contributed by atoms with Crippen LogP contribution in [0, 0.1) is 6.92 Å². The van der Waals surface area contributed by atoms with Gasteiger partial charge in [0.25, 0.3) is 0 Å². The average molecular weight is 264 g/mol. The maximum Gasteiger partial charge on any atom is 0.0972 e. The number of hydrogen-bond donors (Lipinski definition) is 2. The summed E-state index contributed by atoms with van der Waals surface area (Å²) in [6.45, 7) is 7.19. The van der Waals surface area contributed by atoms with Gasteiger partial charge in [0.05, 0.1) is 17.4 Å². The van der Waals surface area contributed by atoms with Crippen LogP contribution in [0.3, 0.4) is 0 Å². The van der Waals surface area contributed by atoms with Crippen molar-refractivity contribution in [2.75, 3.05) is 0 Å². The third-order valence-corrected chi connectivity index (χ3v) is 4.23. The Balaban J connectivity index is 2.44. The molecule has 0 spiro atoms. The molecule has 2 rings (SSSR count). The van der Waals surface area contributed by atoms with Crippen molar-refractivity contribution in [1.82, 2.24) is 15.2 Å². The molecule has 0 aliphatic rings. The van der Waals surface area contributed by atoms with E-state index in [1.165, 1.54) is 10.4 Å². The number of aromatic nitrogens is 2. The van der Waals surface area contributed by atoms with E-state index in [0.717, 1.165) is 24.4 Å². The van der Waals surface area contributed by atoms with Gasteiger partial charge in [-0.2, -0.15) is 5.10 Å². The molecule has 5 heteroatoms. The summed E-state index contributed by atoms with van der Waals surface area (Å²) in [5.41, 5.74) is 6.45. The van der Waals surface area contributed by atoms with Crippen LogP contribution in [0.5, 0.6) is 0 Å². The van der Waals surface area contributed by atoms with Crippen LogP contribution in [0.2, 0.25) is 0 Å². The summed E-state index contributed by atoms with van der Waals surface area (Å²) < 4.78 is 2.03. The molecule has 0 bridgehead atoms. The largest absolute Gasteiger partial charge is 0.270 e. The summed E-state index contributed by atoms with van der Waals surface area (Å²) in [6.07, 6.45) is 0.945. The zero-order chi connectivity index (χ0) is 13.1. The molecular weight excluding hydrogens is 244 g/mol. The molecule has 1 atom stereocenters. The van der Waals surface area contributed by atoms with Gasteiger partial charge in [-0.1, -0.05) is 6.92 Å². The average Bonchev–Trinajstić information content (AvgIpc) is 2.98. The van der Waals surface area contributed by atoms with E-state index >= 15 is 0 Å². The molecule has 0 fully saturated rings. The maximum atomic E-state index is 5.75. The summed E-state index contributed by atoms with van der Waals surface area (Å²) >= 11 is 1.73. The molecule has 1 unspecified atom stereocenters. The van der Waals surface area contributed by atoms with Gasteiger partial charge in [0, 0.05) is 11.4 Å². The summed E-state index contributed by atoms with van der Waals surface area (Å²) in [6, 6.07) is 4.29. The van der Waals surface area contributed by atoms with Crippen LogP contribution in [0.4, 0.5) is 0 Å². The molecule has 3 N–H and O–H groups in total. The Labute approximate surface area is 112 Å². The van der Waals surface area contributed by atoms with Gasteiger partial charge in [0.15, 0.2) is 0 Å². The van der Waals surface area contributed by atoms with Gasteiger partial charge in [0.2, 0.25) is 0 Å². The number of nitrogens with zero attached hydrogens (tertiary/aromatic N) is 2. The first-order valence-corrected chi connectivity index (χ1v) is 7.15. The zero-order valence-electron chi connectivity index (χ0n) is 11.1. The predicted molar refractivity (Wildman–Crippen MR) is 75.5 cm³/mol. The molecule has 0 saturated heterocycles. The Morgan fingerprint density at radius 3 is 2.78 bits per heavy atom. The first kappa shape index (κ1) is 13.3. The Kier molecular flexibility index (Phi) is 4.16. The molecule has 18 heavy (non-hydrogen) atoms. The highest BCUT2D eigenvalue weighted by Crippen LogP contribution is 2.29. The van der Waals surface area contributed by atoms with E-state index in [1.54, 1.807) is 11.3 Å². The first-order valence-electron chi connectivity index (χ1n) is 6.28. The van der Waals surface area contributed by atoms with Crippen molar-refractivity contribution in [3.63, 3.8) is 0 Å². The van der Waals surface area contributed by atoms with Gasteiger partial charge < -0.3 is 0 Å². The van der Waals surface area contributed by atoms with Gasteiger partial charge in [-0.15, -0.1) is 11.3 Å². The quantitative estimate of drug-likeness (QED) is 0.644. The third kappa shape index (κ3) is 2.34. The van der Waals surface area contributed by atoms with Gasteiger partial charge in [-0.3, -0.25) is 10.5 Å². The summed E-state index contributed by atoms with van der Waals surface area (Å²) in [7, 11) is 0. The van der Waals surface area contributed by atoms with Crippen molar-refractivity contribution in [2.45, 2.75) is 39.8 Å². The van der Waals surface area contributed by atoms with Gasteiger partial charge >= 0.3 is 0 Å². The minimum Gasteiger partial charge on any atom is -0.270 e. The molecule has 2 aromatic heterocycles. The highest BCUT2D eigenvalue weighted by Gasteiger charge is 2.20. The predicted octanol–water partition coefficient (Wildman–Crippen LogP) is 2.39. The van der Waals surface area contributed by atoms with E-state index in [9.17, 15) is 0 Å². The Morgan fingerprint density at radius 1 is 1.50 bits per heavy atom. The van der Waals surface area contributed by atoms with Gasteiger partial charge in [0.1, 0.15) is 0 Å². The number of aryl methyl sites for hydroxylation is 3. The van der Waals surface area contributed by atoms with Crippen molar-refractivity contribution < 1.29 is 0 Å². The van der Waals surface area contributed by atoms with E-state index in [1.807, 2.05) is 4.68 Å². The SMILES string of the molecule is CCc1cc(C(NN)c2sccc2C)n(CC)n1. The second-order valence-electron chi connectivity index (χ2n) is 4.30. The highest BCUT2D eigenvalue weighted by molar-refractivity contribution is 7.10. The minimum atomic E-state index is 0.0257. The van der Waals surface area contributed by atoms with Crippen molar-refractivity contribution in [1.29, 1.82) is 0 Å². The summed E-state index contributed by atoms with van der Waals surface area (Å²) in [5, 5.41) is 6.68. The molecule has 98 valence electrons. The molecule has 4 nitrogen and oxygen atoms in total. The molecule has 0 radical (unpaired) electrons. The molecule has 0 amide bonds. The fourth-order valence-electron chi connectivity index (χ4n) is 2.12. The Bertz CT molecular complexity index is 515. The second kappa shape index (κ2) is 5.65. The van der Waals surface area contributed by atoms with Crippen molar-refractivity contribution in [3.05, 3.63) is 39.3 Å². The second-order valence-corrected chi connectivity index (χ2v) is 5.25. The monoisotopic (exact) mass is 264 g/mol. The number of nitrogens with two attached hydrogens (primary N) is 1. The smallest absolute Gasteiger partial charge is 0.0972 e. The molecule has 2 aromatic rings. The normalized spacial score (nSPS) is 12.9. The number of hydrogen-bond acceptors (Lipinski definition) is 4. The maximum absolute atomic E-state index is 5.75. The lowest BCUT2D eigenvalue weighted by atomic mass is 10.1. The lowest BCUT2D eigenvalue weighted by Crippen LogP contribution is -2.30. The van der Waals surface area contributed by atoms with Crippen molar-refractivity contribution >= 4 is 11.3 Å². The lowest BCUT2D eigenvalue weighted by Gasteiger charge is -2.16. The van der Waals surface area contributed by atoms with Crippen LogP contribution in [0.15, 0.2) is 17.5 Å². The summed E-state index contributed by atoms with van der Waals surface area (Å²) in [4.78, 5) is 1.26. The molecule has 0 aliphatic heterocycles. The zero-order valence-corrected chi connectivity index (χ0v) is 11.9. The third-order valence-electron chi connectivity index (χ3n) is 3.15. The summed E-state index contributed by atoms with van der Waals surface area (Å²) in [5.74, 6) is 5.75. The fraction of sp³-hybridized carbons (Fsp3) is 0.462. The lowest BCUT2D eigenvalue weighted by molar-refractivity contribution is 0.545. The first-order chi connectivity index (χ1) is 8.71. The van der Waals surface area contributed by atoms with Gasteiger partial charge in [-0.05, 0) is 43.3 Å². The minimum absolute atomic E-state index is 0.0257. The number of rotatable bonds is 5. The molecular formula is C13H20N4S. The van der Waals surface area contributed by atoms with Gasteiger partial charge in [-0.25, -0.2) is 5.43 Å². The number of thiophene rings is 1. The molecule has 0 saturated carbocycles. The van der Waals surface area contributed by atoms with E-state index in [-0.39, 0.29) is 6.04 Å². The molecule has 0 aliphatic carbocycles. The molecule has 0 aromatic carbocycles. The van der Waals surface area contributed by atoms with E-state index < -0.39 is 0 Å². The van der Waals surface area contributed by atoms with Crippen LogP contribution in [-0.2, 0) is 13.0 Å². The Hall–Kier alpha value is -1.17. The van der Waals surface area contributed by atoms with Crippen LogP contribution >= 0.6 is 11.3 Å². The standard InChI is InChI=1S/C13H20N4S/c1-4-10-8-11(17(5-2)16-10)12(15-14)13-9(3)6-7-18-13/h6-8,12,15H,4-5,14H2,1-3H3. The topological polar surface area (TPSA) is 55.9 Å². The molecule has 2 heterocycles. The Morgan fingerprint density at radius 2 is 2.28 bits per heavy atom. The van der Waals surface area contributed by atoms with E-state index in [2.05, 4.69) is 48.8 Å². The number of nitrogens with one attached hydrogen (secondary N) is 1. The highest BCUT2D eigenvalue weighted by atomic mass is 32.1.